The number of rotatable bonds is 8. The lowest BCUT2D eigenvalue weighted by atomic mass is 10.1. The fourth-order valence-electron chi connectivity index (χ4n) is 3.32. The lowest BCUT2D eigenvalue weighted by molar-refractivity contribution is 0.0474. The molecular formula is C23H23FN2O5S. The van der Waals surface area contributed by atoms with Crippen LogP contribution in [0.3, 0.4) is 0 Å². The molecule has 1 aromatic heterocycles. The molecule has 3 aromatic rings. The number of Topliss-reactive ketones (excluding diaryl/α,β-unsaturated/α-hetero) is 1. The van der Waals surface area contributed by atoms with Crippen molar-refractivity contribution < 1.29 is 27.1 Å². The van der Waals surface area contributed by atoms with E-state index in [9.17, 15) is 22.4 Å². The summed E-state index contributed by atoms with van der Waals surface area (Å²) >= 11 is 0. The first-order valence-corrected chi connectivity index (χ1v) is 11.6. The summed E-state index contributed by atoms with van der Waals surface area (Å²) in [4.78, 5) is 25.0. The number of carbonyl (C=O) groups is 2. The Labute approximate surface area is 185 Å². The van der Waals surface area contributed by atoms with Crippen LogP contribution in [-0.4, -0.2) is 37.6 Å². The number of nitrogens with zero attached hydrogens (tertiary/aromatic N) is 1. The van der Waals surface area contributed by atoms with Crippen LogP contribution in [0.4, 0.5) is 10.1 Å². The molecule has 0 atom stereocenters. The average Bonchev–Trinajstić information content (AvgIpc) is 3.00. The van der Waals surface area contributed by atoms with Gasteiger partial charge < -0.3 is 9.30 Å². The molecule has 168 valence electrons. The van der Waals surface area contributed by atoms with Crippen LogP contribution in [0.2, 0.25) is 0 Å². The van der Waals surface area contributed by atoms with Crippen molar-refractivity contribution in [3.8, 4) is 0 Å². The number of carbonyl (C=O) groups excluding carboxylic acids is 2. The zero-order valence-corrected chi connectivity index (χ0v) is 18.7. The molecule has 2 aromatic carbocycles. The number of aromatic nitrogens is 1. The first-order chi connectivity index (χ1) is 15.0. The molecule has 0 spiro atoms. The smallest absolute Gasteiger partial charge is 0.338 e. The molecule has 9 heteroatoms. The molecule has 0 unspecified atom stereocenters. The Balaban J connectivity index is 1.68. The number of ketones is 1. The highest BCUT2D eigenvalue weighted by molar-refractivity contribution is 7.92. The van der Waals surface area contributed by atoms with Crippen LogP contribution in [0.25, 0.3) is 0 Å². The van der Waals surface area contributed by atoms with Crippen molar-refractivity contribution >= 4 is 27.5 Å². The molecule has 0 aliphatic heterocycles. The van der Waals surface area contributed by atoms with Gasteiger partial charge in [0.1, 0.15) is 5.82 Å². The number of sulfonamides is 1. The Morgan fingerprint density at radius 2 is 1.75 bits per heavy atom. The molecular weight excluding hydrogens is 435 g/mol. The van der Waals surface area contributed by atoms with Gasteiger partial charge >= 0.3 is 5.97 Å². The van der Waals surface area contributed by atoms with Crippen molar-refractivity contribution in [2.45, 2.75) is 20.4 Å². The molecule has 0 amide bonds. The second-order valence-corrected chi connectivity index (χ2v) is 9.20. The monoisotopic (exact) mass is 458 g/mol. The van der Waals surface area contributed by atoms with Gasteiger partial charge in [-0.05, 0) is 55.8 Å². The number of hydrogen-bond acceptors (Lipinski definition) is 5. The van der Waals surface area contributed by atoms with Gasteiger partial charge in [0.15, 0.2) is 6.61 Å². The Morgan fingerprint density at radius 3 is 2.41 bits per heavy atom. The lowest BCUT2D eigenvalue weighted by Gasteiger charge is -2.10. The van der Waals surface area contributed by atoms with Gasteiger partial charge in [-0.2, -0.15) is 0 Å². The minimum atomic E-state index is -3.49. The second kappa shape index (κ2) is 9.35. The number of hydrogen-bond donors (Lipinski definition) is 1. The third kappa shape index (κ3) is 5.82. The fourth-order valence-corrected chi connectivity index (χ4v) is 3.87. The molecule has 0 fully saturated rings. The highest BCUT2D eigenvalue weighted by Crippen LogP contribution is 2.19. The number of halogens is 1. The Morgan fingerprint density at radius 1 is 1.06 bits per heavy atom. The van der Waals surface area contributed by atoms with E-state index < -0.39 is 22.6 Å². The third-order valence-corrected chi connectivity index (χ3v) is 5.47. The molecule has 7 nitrogen and oxygen atoms in total. The number of nitrogens with one attached hydrogen (secondary N) is 1. The van der Waals surface area contributed by atoms with Gasteiger partial charge in [-0.15, -0.1) is 0 Å². The fraction of sp³-hybridized carbons (Fsp3) is 0.217. The predicted molar refractivity (Wildman–Crippen MR) is 119 cm³/mol. The number of ether oxygens (including phenoxy) is 1. The van der Waals surface area contributed by atoms with Crippen molar-refractivity contribution in [3.05, 3.63) is 88.5 Å². The van der Waals surface area contributed by atoms with Crippen LogP contribution >= 0.6 is 0 Å². The van der Waals surface area contributed by atoms with Crippen molar-refractivity contribution in [1.82, 2.24) is 4.57 Å². The summed E-state index contributed by atoms with van der Waals surface area (Å²) < 4.78 is 45.2. The zero-order valence-electron chi connectivity index (χ0n) is 17.9. The largest absolute Gasteiger partial charge is 0.454 e. The first-order valence-electron chi connectivity index (χ1n) is 9.73. The van der Waals surface area contributed by atoms with Crippen molar-refractivity contribution in [1.29, 1.82) is 0 Å². The standard InChI is InChI=1S/C23H23FN2O5S/c1-15-11-21(16(2)26(15)13-17-7-9-19(24)10-8-17)22(27)14-31-23(28)18-5-4-6-20(12-18)25-32(3,29)30/h4-12,25H,13-14H2,1-3H3. The van der Waals surface area contributed by atoms with Crippen LogP contribution in [-0.2, 0) is 21.3 Å². The normalized spacial score (nSPS) is 11.2. The van der Waals surface area contributed by atoms with Gasteiger partial charge in [0.25, 0.3) is 0 Å². The van der Waals surface area contributed by atoms with Crippen LogP contribution in [0.15, 0.2) is 54.6 Å². The van der Waals surface area contributed by atoms with Gasteiger partial charge in [0, 0.05) is 29.2 Å². The van der Waals surface area contributed by atoms with Crippen LogP contribution < -0.4 is 4.72 Å². The van der Waals surface area contributed by atoms with Gasteiger partial charge in [-0.3, -0.25) is 9.52 Å². The van der Waals surface area contributed by atoms with Crippen molar-refractivity contribution in [3.63, 3.8) is 0 Å². The molecule has 3 rings (SSSR count). The number of anilines is 1. The maximum atomic E-state index is 13.1. The molecule has 32 heavy (non-hydrogen) atoms. The van der Waals surface area contributed by atoms with Gasteiger partial charge in [-0.25, -0.2) is 17.6 Å². The van der Waals surface area contributed by atoms with Crippen molar-refractivity contribution in [2.75, 3.05) is 17.6 Å². The van der Waals surface area contributed by atoms with Gasteiger partial charge in [0.05, 0.1) is 11.8 Å². The summed E-state index contributed by atoms with van der Waals surface area (Å²) in [5.74, 6) is -1.41. The molecule has 0 aliphatic carbocycles. The van der Waals surface area contributed by atoms with E-state index in [1.807, 2.05) is 11.5 Å². The van der Waals surface area contributed by atoms with Crippen LogP contribution in [0.5, 0.6) is 0 Å². The van der Waals surface area contributed by atoms with E-state index >= 15 is 0 Å². The Hall–Kier alpha value is -3.46. The SMILES string of the molecule is Cc1cc(C(=O)COC(=O)c2cccc(NS(C)(=O)=O)c2)c(C)n1Cc1ccc(F)cc1. The summed E-state index contributed by atoms with van der Waals surface area (Å²) in [5, 5.41) is 0. The minimum Gasteiger partial charge on any atom is -0.454 e. The molecule has 0 saturated heterocycles. The maximum Gasteiger partial charge on any atom is 0.338 e. The highest BCUT2D eigenvalue weighted by Gasteiger charge is 2.18. The third-order valence-electron chi connectivity index (χ3n) is 4.86. The van der Waals surface area contributed by atoms with Gasteiger partial charge in [0.2, 0.25) is 15.8 Å². The molecule has 1 N–H and O–H groups in total. The van der Waals surface area contributed by atoms with E-state index in [1.54, 1.807) is 25.1 Å². The molecule has 0 aliphatic rings. The number of aryl methyl sites for hydroxylation is 1. The average molecular weight is 459 g/mol. The molecule has 0 radical (unpaired) electrons. The minimum absolute atomic E-state index is 0.119. The van der Waals surface area contributed by atoms with E-state index in [4.69, 9.17) is 4.74 Å². The van der Waals surface area contributed by atoms with E-state index in [2.05, 4.69) is 4.72 Å². The van der Waals surface area contributed by atoms with Crippen molar-refractivity contribution in [2.24, 2.45) is 0 Å². The van der Waals surface area contributed by atoms with Gasteiger partial charge in [-0.1, -0.05) is 18.2 Å². The predicted octanol–water partition coefficient (Wildman–Crippen LogP) is 3.70. The van der Waals surface area contributed by atoms with Crippen LogP contribution in [0.1, 0.15) is 37.7 Å². The summed E-state index contributed by atoms with van der Waals surface area (Å²) in [6.07, 6.45) is 1.00. The van der Waals surface area contributed by atoms with E-state index in [0.29, 0.717) is 17.8 Å². The maximum absolute atomic E-state index is 13.1. The highest BCUT2D eigenvalue weighted by atomic mass is 32.2. The zero-order chi connectivity index (χ0) is 23.5. The lowest BCUT2D eigenvalue weighted by Crippen LogP contribution is -2.16. The van der Waals surface area contributed by atoms with E-state index in [0.717, 1.165) is 17.5 Å². The topological polar surface area (TPSA) is 94.5 Å². The molecule has 0 saturated carbocycles. The molecule has 0 bridgehead atoms. The Bertz CT molecular complexity index is 1260. The summed E-state index contributed by atoms with van der Waals surface area (Å²) in [6, 6.07) is 13.7. The quantitative estimate of drug-likeness (QED) is 0.410. The van der Waals surface area contributed by atoms with E-state index in [-0.39, 0.29) is 22.9 Å². The number of benzene rings is 2. The summed E-state index contributed by atoms with van der Waals surface area (Å²) in [6.45, 7) is 3.68. The van der Waals surface area contributed by atoms with Crippen LogP contribution in [0, 0.1) is 19.7 Å². The second-order valence-electron chi connectivity index (χ2n) is 7.45. The Kier molecular flexibility index (Phi) is 6.78. The first kappa shape index (κ1) is 23.2. The summed E-state index contributed by atoms with van der Waals surface area (Å²) in [5.41, 5.74) is 3.23. The molecule has 1 heterocycles. The number of esters is 1. The van der Waals surface area contributed by atoms with E-state index in [1.165, 1.54) is 36.4 Å². The summed E-state index contributed by atoms with van der Waals surface area (Å²) in [7, 11) is -3.49.